The van der Waals surface area contributed by atoms with E-state index in [9.17, 15) is 33.6 Å². The lowest BCUT2D eigenvalue weighted by atomic mass is 9.94. The van der Waals surface area contributed by atoms with Gasteiger partial charge in [-0.2, -0.15) is 11.8 Å². The molecular formula is C40H66N6O9S. The van der Waals surface area contributed by atoms with Crippen molar-refractivity contribution < 1.29 is 43.0 Å². The van der Waals surface area contributed by atoms with Crippen LogP contribution in [0.5, 0.6) is 0 Å². The minimum atomic E-state index is -1.34. The van der Waals surface area contributed by atoms with Crippen LogP contribution in [0.1, 0.15) is 106 Å². The summed E-state index contributed by atoms with van der Waals surface area (Å²) in [7, 11) is 0. The average Bonchev–Trinajstić information content (AvgIpc) is 3.13. The Labute approximate surface area is 336 Å². The zero-order chi connectivity index (χ0) is 42.6. The van der Waals surface area contributed by atoms with Gasteiger partial charge in [0.1, 0.15) is 42.4 Å². The zero-order valence-corrected chi connectivity index (χ0v) is 35.6. The van der Waals surface area contributed by atoms with Crippen LogP contribution in [0.4, 0.5) is 4.79 Å². The van der Waals surface area contributed by atoms with Crippen molar-refractivity contribution in [3.8, 4) is 0 Å². The third kappa shape index (κ3) is 19.0. The number of hydrogen-bond acceptors (Lipinski definition) is 10. The van der Waals surface area contributed by atoms with E-state index in [1.165, 1.54) is 11.8 Å². The number of carbonyl (C=O) groups is 7. The highest BCUT2D eigenvalue weighted by Crippen LogP contribution is 2.15. The number of carbonyl (C=O) groups excluding carboxylic acids is 7. The highest BCUT2D eigenvalue weighted by molar-refractivity contribution is 7.98. The summed E-state index contributed by atoms with van der Waals surface area (Å²) in [5.41, 5.74) is 5.56. The number of nitrogens with one attached hydrogen (secondary N) is 5. The van der Waals surface area contributed by atoms with Crippen LogP contribution in [0, 0.1) is 17.8 Å². The lowest BCUT2D eigenvalue weighted by Crippen LogP contribution is -2.60. The molecule has 6 amide bonds. The maximum absolute atomic E-state index is 14.0. The van der Waals surface area contributed by atoms with Crippen molar-refractivity contribution in [3.05, 3.63) is 35.9 Å². The highest BCUT2D eigenvalue weighted by atomic mass is 32.2. The van der Waals surface area contributed by atoms with Crippen LogP contribution in [0.25, 0.3) is 0 Å². The van der Waals surface area contributed by atoms with Gasteiger partial charge in [0, 0.05) is 6.42 Å². The van der Waals surface area contributed by atoms with Crippen LogP contribution in [-0.4, -0.2) is 89.4 Å². The fourth-order valence-corrected chi connectivity index (χ4v) is 5.94. The van der Waals surface area contributed by atoms with E-state index in [4.69, 9.17) is 15.2 Å². The molecule has 15 nitrogen and oxygen atoms in total. The molecule has 0 aliphatic heterocycles. The summed E-state index contributed by atoms with van der Waals surface area (Å²) in [5, 5.41) is 13.5. The summed E-state index contributed by atoms with van der Waals surface area (Å²) in [6.07, 6.45) is 2.06. The maximum atomic E-state index is 14.0. The van der Waals surface area contributed by atoms with Gasteiger partial charge in [-0.05, 0) is 75.4 Å². The second-order valence-electron chi connectivity index (χ2n) is 15.6. The van der Waals surface area contributed by atoms with Gasteiger partial charge in [-0.25, -0.2) is 4.79 Å². The summed E-state index contributed by atoms with van der Waals surface area (Å²) in [6, 6.07) is 3.45. The number of esters is 1. The lowest BCUT2D eigenvalue weighted by Gasteiger charge is -2.30. The molecule has 56 heavy (non-hydrogen) atoms. The summed E-state index contributed by atoms with van der Waals surface area (Å²) in [5.74, 6) is -4.25. The first-order valence-electron chi connectivity index (χ1n) is 19.4. The van der Waals surface area contributed by atoms with Gasteiger partial charge in [0.05, 0.1) is 0 Å². The Morgan fingerprint density at radius 2 is 1.23 bits per heavy atom. The van der Waals surface area contributed by atoms with Crippen molar-refractivity contribution in [3.63, 3.8) is 0 Å². The van der Waals surface area contributed by atoms with E-state index in [0.717, 1.165) is 5.56 Å². The summed E-state index contributed by atoms with van der Waals surface area (Å²) in [6.45, 7) is 16.1. The number of alkyl carbamates (subject to hydrolysis) is 1. The van der Waals surface area contributed by atoms with Gasteiger partial charge in [0.25, 0.3) is 0 Å². The molecule has 7 atom stereocenters. The molecule has 0 aliphatic rings. The second kappa shape index (κ2) is 25.0. The molecule has 0 saturated carbocycles. The summed E-state index contributed by atoms with van der Waals surface area (Å²) < 4.78 is 10.8. The standard InChI is InChI=1S/C40H66N6O9S/c1-11-25(5)32(34(41)48)45-38(52)33(26(6)12-2)46-36(50)28(18-19-31(47)54-23-27-16-14-13-15-17-27)42-35(49)29(20-21-56-10)43-37(51)30(22-24(3)4)44-39(53)55-40(7,8)9/h13-17,24-26,28-30,32-33H,11-12,18-23H2,1-10H3,(H2,41,48)(H,42,49)(H,43,51)(H,44,53)(H,45,52)(H,46,50)/t25-,26+,28-,29-,30+,32-,33+/m0/s1. The predicted molar refractivity (Wildman–Crippen MR) is 217 cm³/mol. The molecule has 0 bridgehead atoms. The number of nitrogens with two attached hydrogens (primary N) is 1. The van der Waals surface area contributed by atoms with E-state index in [-0.39, 0.29) is 44.1 Å². The summed E-state index contributed by atoms with van der Waals surface area (Å²) in [4.78, 5) is 93.0. The Morgan fingerprint density at radius 3 is 1.75 bits per heavy atom. The molecular weight excluding hydrogens is 741 g/mol. The third-order valence-electron chi connectivity index (χ3n) is 9.08. The van der Waals surface area contributed by atoms with Crippen LogP contribution in [0.15, 0.2) is 30.3 Å². The Morgan fingerprint density at radius 1 is 0.714 bits per heavy atom. The molecule has 316 valence electrons. The molecule has 1 rings (SSSR count). The second-order valence-corrected chi connectivity index (χ2v) is 16.5. The monoisotopic (exact) mass is 806 g/mol. The van der Waals surface area contributed by atoms with Gasteiger partial charge in [0.2, 0.25) is 29.5 Å². The van der Waals surface area contributed by atoms with E-state index in [0.29, 0.717) is 18.6 Å². The first-order valence-corrected chi connectivity index (χ1v) is 20.8. The molecule has 0 aliphatic carbocycles. The first-order chi connectivity index (χ1) is 26.2. The number of amides is 6. The molecule has 0 spiro atoms. The van der Waals surface area contributed by atoms with Crippen molar-refractivity contribution in [1.29, 1.82) is 0 Å². The molecule has 7 N–H and O–H groups in total. The Kier molecular flexibility index (Phi) is 22.2. The number of hydrogen-bond donors (Lipinski definition) is 6. The van der Waals surface area contributed by atoms with Gasteiger partial charge < -0.3 is 41.8 Å². The Balaban J connectivity index is 3.40. The van der Waals surface area contributed by atoms with Crippen molar-refractivity contribution >= 4 is 53.4 Å². The molecule has 1 aromatic carbocycles. The number of rotatable bonds is 24. The van der Waals surface area contributed by atoms with E-state index in [1.54, 1.807) is 46.8 Å². The van der Waals surface area contributed by atoms with Crippen molar-refractivity contribution in [1.82, 2.24) is 26.6 Å². The van der Waals surface area contributed by atoms with Crippen LogP contribution < -0.4 is 32.3 Å². The van der Waals surface area contributed by atoms with E-state index in [1.807, 2.05) is 52.1 Å². The van der Waals surface area contributed by atoms with Crippen molar-refractivity contribution in [2.75, 3.05) is 12.0 Å². The number of benzene rings is 1. The molecule has 0 aromatic heterocycles. The molecule has 1 aromatic rings. The van der Waals surface area contributed by atoms with Crippen LogP contribution in [0.3, 0.4) is 0 Å². The summed E-state index contributed by atoms with van der Waals surface area (Å²) >= 11 is 1.44. The molecule has 0 fully saturated rings. The van der Waals surface area contributed by atoms with Crippen LogP contribution >= 0.6 is 11.8 Å². The van der Waals surface area contributed by atoms with Crippen molar-refractivity contribution in [2.45, 2.75) is 143 Å². The number of thioether (sulfide) groups is 1. The zero-order valence-electron chi connectivity index (χ0n) is 34.8. The number of ether oxygens (including phenoxy) is 2. The minimum absolute atomic E-state index is 0.00650. The normalized spacial score (nSPS) is 15.1. The van der Waals surface area contributed by atoms with Gasteiger partial charge >= 0.3 is 12.1 Å². The Bertz CT molecular complexity index is 1440. The fourth-order valence-electron chi connectivity index (χ4n) is 5.47. The van der Waals surface area contributed by atoms with E-state index in [2.05, 4.69) is 26.6 Å². The minimum Gasteiger partial charge on any atom is -0.461 e. The van der Waals surface area contributed by atoms with E-state index >= 15 is 0 Å². The topological polar surface area (TPSA) is 224 Å². The van der Waals surface area contributed by atoms with Gasteiger partial charge in [0.15, 0.2) is 0 Å². The van der Waals surface area contributed by atoms with Gasteiger partial charge in [-0.15, -0.1) is 0 Å². The number of primary amides is 1. The average molecular weight is 807 g/mol. The van der Waals surface area contributed by atoms with Crippen LogP contribution in [-0.2, 0) is 44.8 Å². The van der Waals surface area contributed by atoms with Crippen LogP contribution in [0.2, 0.25) is 0 Å². The predicted octanol–water partition coefficient (Wildman–Crippen LogP) is 3.72. The highest BCUT2D eigenvalue weighted by Gasteiger charge is 2.35. The largest absolute Gasteiger partial charge is 0.461 e. The quantitative estimate of drug-likeness (QED) is 0.0831. The fraction of sp³-hybridized carbons (Fsp3) is 0.675. The third-order valence-corrected chi connectivity index (χ3v) is 9.73. The maximum Gasteiger partial charge on any atom is 0.408 e. The Hall–Kier alpha value is -4.34. The van der Waals surface area contributed by atoms with Gasteiger partial charge in [-0.1, -0.05) is 84.7 Å². The SMILES string of the molecule is CC[C@@H](C)[C@@H](NC(=O)[C@H](CCC(=O)OCc1ccccc1)NC(=O)[C@H](CCSC)NC(=O)[C@@H](CC(C)C)NC(=O)OC(C)(C)C)C(=O)N[C@H](C(N)=O)[C@@H](C)CC. The molecule has 0 heterocycles. The van der Waals surface area contributed by atoms with Crippen molar-refractivity contribution in [2.24, 2.45) is 23.5 Å². The van der Waals surface area contributed by atoms with Gasteiger partial charge in [-0.3, -0.25) is 28.8 Å². The molecule has 0 saturated heterocycles. The molecule has 0 unspecified atom stereocenters. The van der Waals surface area contributed by atoms with E-state index < -0.39 is 83.3 Å². The molecule has 16 heteroatoms. The molecule has 0 radical (unpaired) electrons. The lowest BCUT2D eigenvalue weighted by molar-refractivity contribution is -0.145. The smallest absolute Gasteiger partial charge is 0.408 e. The first kappa shape index (κ1) is 49.7.